The molecule has 23 heavy (non-hydrogen) atoms. The summed E-state index contributed by atoms with van der Waals surface area (Å²) in [7, 11) is -9.61. The molecule has 2 aromatic carbocycles. The van der Waals surface area contributed by atoms with E-state index in [1.54, 1.807) is 0 Å². The van der Waals surface area contributed by atoms with Gasteiger partial charge in [-0.2, -0.15) is 0 Å². The van der Waals surface area contributed by atoms with Crippen LogP contribution in [0.4, 0.5) is 0 Å². The third kappa shape index (κ3) is 6.13. The van der Waals surface area contributed by atoms with E-state index in [9.17, 15) is 25.9 Å². The summed E-state index contributed by atoms with van der Waals surface area (Å²) >= 11 is 0. The maximum atomic E-state index is 11.1. The molecule has 0 spiro atoms. The van der Waals surface area contributed by atoms with E-state index in [1.807, 2.05) is 0 Å². The van der Waals surface area contributed by atoms with Crippen LogP contribution in [-0.4, -0.2) is 25.9 Å². The van der Waals surface area contributed by atoms with Gasteiger partial charge in [-0.15, -0.1) is 0 Å². The summed E-state index contributed by atoms with van der Waals surface area (Å²) in [5.74, 6) is -0.716. The number of ether oxygens (including phenoxy) is 1. The number of hydrogen-bond donors (Lipinski definition) is 0. The zero-order valence-corrected chi connectivity index (χ0v) is 17.9. The zero-order chi connectivity index (χ0) is 15.7. The Morgan fingerprint density at radius 1 is 0.652 bits per heavy atom. The van der Waals surface area contributed by atoms with Gasteiger partial charge in [0.25, 0.3) is 0 Å². The Balaban J connectivity index is 0.00000242. The fraction of sp³-hybridized carbons (Fsp3) is 0. The van der Waals surface area contributed by atoms with E-state index in [-0.39, 0.29) is 70.6 Å². The van der Waals surface area contributed by atoms with Gasteiger partial charge in [0.2, 0.25) is 0 Å². The molecule has 0 N–H and O–H groups in total. The van der Waals surface area contributed by atoms with Gasteiger partial charge in [-0.3, -0.25) is 0 Å². The van der Waals surface area contributed by atoms with Gasteiger partial charge in [-0.05, 0) is 24.3 Å². The maximum Gasteiger partial charge on any atom is 1.00 e. The number of rotatable bonds is 4. The van der Waals surface area contributed by atoms with Crippen LogP contribution in [0.25, 0.3) is 0 Å². The van der Waals surface area contributed by atoms with E-state index in [2.05, 4.69) is 0 Å². The first-order chi connectivity index (χ1) is 9.69. The van der Waals surface area contributed by atoms with E-state index < -0.39 is 30.0 Å². The Morgan fingerprint density at radius 3 is 1.26 bits per heavy atom. The topological polar surface area (TPSA) is 124 Å². The van der Waals surface area contributed by atoms with Gasteiger partial charge in [0, 0.05) is 0 Å². The minimum absolute atomic E-state index is 0. The average Bonchev–Trinajstić information content (AvgIpc) is 2.37. The van der Waals surface area contributed by atoms with Crippen molar-refractivity contribution in [2.45, 2.75) is 9.79 Å². The van der Waals surface area contributed by atoms with E-state index in [4.69, 9.17) is 4.74 Å². The molecule has 11 heteroatoms. The summed E-state index contributed by atoms with van der Waals surface area (Å²) in [6, 6.07) is 9.83. The molecule has 112 valence electrons. The summed E-state index contributed by atoms with van der Waals surface area (Å²) < 4.78 is 71.8. The molecule has 0 aliphatic heterocycles. The van der Waals surface area contributed by atoms with Gasteiger partial charge < -0.3 is 13.8 Å². The first kappa shape index (κ1) is 23.1. The Kier molecular flexibility index (Phi) is 8.98. The van der Waals surface area contributed by atoms with Crippen LogP contribution in [0, 0.1) is 0 Å². The third-order valence-corrected chi connectivity index (χ3v) is 4.21. The zero-order valence-electron chi connectivity index (χ0n) is 12.3. The monoisotopic (exact) mass is 374 g/mol. The van der Waals surface area contributed by atoms with Crippen LogP contribution < -0.4 is 63.9 Å². The van der Waals surface area contributed by atoms with Crippen molar-refractivity contribution in [1.82, 2.24) is 0 Å². The van der Waals surface area contributed by atoms with Crippen LogP contribution in [0.5, 0.6) is 11.5 Å². The van der Waals surface area contributed by atoms with E-state index >= 15 is 0 Å². The van der Waals surface area contributed by atoms with Crippen molar-refractivity contribution in [3.05, 3.63) is 48.5 Å². The SMILES string of the molecule is O=S(=O)([O-])c1ccccc1Oc1ccccc1S(=O)(=O)[O-].[Na+].[Na+]. The smallest absolute Gasteiger partial charge is 0.744 e. The molecule has 2 aromatic rings. The predicted octanol–water partition coefficient (Wildman–Crippen LogP) is -4.70. The van der Waals surface area contributed by atoms with Crippen LogP contribution in [0.15, 0.2) is 58.3 Å². The molecule has 7 nitrogen and oxygen atoms in total. The first-order valence-electron chi connectivity index (χ1n) is 5.47. The molecule has 0 aromatic heterocycles. The molecule has 0 atom stereocenters. The third-order valence-electron chi connectivity index (χ3n) is 2.46. The van der Waals surface area contributed by atoms with Gasteiger partial charge in [0.1, 0.15) is 31.7 Å². The molecule has 2 rings (SSSR count). The molecule has 0 aliphatic rings. The Bertz CT molecular complexity index is 806. The molecule has 0 amide bonds. The molecule has 0 aliphatic carbocycles. The molecular formula is C12H8Na2O7S2. The second-order valence-electron chi connectivity index (χ2n) is 3.90. The molecular weight excluding hydrogens is 366 g/mol. The second kappa shape index (κ2) is 8.95. The molecule has 0 saturated carbocycles. The Labute approximate surface area is 178 Å². The fourth-order valence-electron chi connectivity index (χ4n) is 1.60. The quantitative estimate of drug-likeness (QED) is 0.389. The van der Waals surface area contributed by atoms with Crippen molar-refractivity contribution in [1.29, 1.82) is 0 Å². The van der Waals surface area contributed by atoms with E-state index in [0.717, 1.165) is 12.1 Å². The van der Waals surface area contributed by atoms with Gasteiger partial charge >= 0.3 is 59.1 Å². The average molecular weight is 374 g/mol. The summed E-state index contributed by atoms with van der Waals surface area (Å²) in [6.45, 7) is 0. The van der Waals surface area contributed by atoms with Crippen LogP contribution in [0.3, 0.4) is 0 Å². The summed E-state index contributed by atoms with van der Waals surface area (Å²) in [6.07, 6.45) is 0. The molecule has 0 heterocycles. The number of hydrogen-bond acceptors (Lipinski definition) is 7. The Hall–Kier alpha value is 0.0600. The van der Waals surface area contributed by atoms with Gasteiger partial charge in [0.05, 0.1) is 9.79 Å². The van der Waals surface area contributed by atoms with Crippen LogP contribution >= 0.6 is 0 Å². The van der Waals surface area contributed by atoms with Crippen LogP contribution in [0.2, 0.25) is 0 Å². The minimum Gasteiger partial charge on any atom is -0.744 e. The van der Waals surface area contributed by atoms with Crippen molar-refractivity contribution in [2.24, 2.45) is 0 Å². The molecule has 0 bridgehead atoms. The minimum atomic E-state index is -4.80. The molecule has 0 radical (unpaired) electrons. The number of benzene rings is 2. The van der Waals surface area contributed by atoms with Crippen molar-refractivity contribution in [2.75, 3.05) is 0 Å². The van der Waals surface area contributed by atoms with Gasteiger partial charge in [0.15, 0.2) is 0 Å². The molecule has 0 fully saturated rings. The van der Waals surface area contributed by atoms with E-state index in [1.165, 1.54) is 36.4 Å². The van der Waals surface area contributed by atoms with Crippen molar-refractivity contribution >= 4 is 20.2 Å². The maximum absolute atomic E-state index is 11.1. The second-order valence-corrected chi connectivity index (χ2v) is 6.60. The first-order valence-corrected chi connectivity index (χ1v) is 8.29. The Morgan fingerprint density at radius 2 is 0.957 bits per heavy atom. The summed E-state index contributed by atoms with van der Waals surface area (Å²) in [5.41, 5.74) is 0. The summed E-state index contributed by atoms with van der Waals surface area (Å²) in [4.78, 5) is -1.30. The van der Waals surface area contributed by atoms with Crippen LogP contribution in [0.1, 0.15) is 0 Å². The number of para-hydroxylation sites is 2. The normalized spacial score (nSPS) is 11.0. The van der Waals surface area contributed by atoms with E-state index in [0.29, 0.717) is 0 Å². The van der Waals surface area contributed by atoms with Crippen molar-refractivity contribution in [3.8, 4) is 11.5 Å². The van der Waals surface area contributed by atoms with Gasteiger partial charge in [-0.25, -0.2) is 16.8 Å². The standard InChI is InChI=1S/C12H10O7S2.2Na/c13-20(14,15)11-7-3-1-5-9(11)19-10-6-2-4-8-12(10)21(16,17)18;;/h1-8H,(H,13,14,15)(H,16,17,18);;/q;2*+1/p-2. The fourth-order valence-corrected chi connectivity index (χ4v) is 2.80. The molecule has 0 unspecified atom stereocenters. The van der Waals surface area contributed by atoms with Crippen molar-refractivity contribution < 1.29 is 89.8 Å². The summed E-state index contributed by atoms with van der Waals surface area (Å²) in [5, 5.41) is 0. The predicted molar refractivity (Wildman–Crippen MR) is 68.9 cm³/mol. The molecule has 0 saturated heterocycles. The van der Waals surface area contributed by atoms with Crippen molar-refractivity contribution in [3.63, 3.8) is 0 Å². The largest absolute Gasteiger partial charge is 1.00 e. The van der Waals surface area contributed by atoms with Gasteiger partial charge in [-0.1, -0.05) is 24.3 Å². The van der Waals surface area contributed by atoms with Crippen LogP contribution in [-0.2, 0) is 20.2 Å².